The van der Waals surface area contributed by atoms with Gasteiger partial charge < -0.3 is 15.4 Å². The van der Waals surface area contributed by atoms with Crippen LogP contribution in [0.15, 0.2) is 42.5 Å². The Morgan fingerprint density at radius 3 is 2.61 bits per heavy atom. The monoisotopic (exact) mass is 330 g/mol. The first-order valence-corrected chi connectivity index (χ1v) is 7.95. The minimum atomic E-state index is -0.504. The minimum absolute atomic E-state index is 0.0609. The Morgan fingerprint density at radius 1 is 1.26 bits per heavy atom. The van der Waals surface area contributed by atoms with Crippen LogP contribution >= 0.6 is 11.6 Å². The van der Waals surface area contributed by atoms with Crippen molar-refractivity contribution in [2.75, 3.05) is 4.90 Å². The van der Waals surface area contributed by atoms with Crippen LogP contribution in [0.5, 0.6) is 5.75 Å². The molecule has 3 rings (SSSR count). The fourth-order valence-electron chi connectivity index (χ4n) is 2.64. The zero-order valence-corrected chi connectivity index (χ0v) is 13.9. The van der Waals surface area contributed by atoms with Crippen LogP contribution in [-0.4, -0.2) is 12.0 Å². The van der Waals surface area contributed by atoms with E-state index in [4.69, 9.17) is 22.1 Å². The van der Waals surface area contributed by atoms with Crippen molar-refractivity contribution in [1.29, 1.82) is 0 Å². The molecule has 2 aromatic rings. The topological polar surface area (TPSA) is 55.6 Å². The first kappa shape index (κ1) is 15.8. The maximum absolute atomic E-state index is 12.6. The summed E-state index contributed by atoms with van der Waals surface area (Å²) in [4.78, 5) is 14.3. The summed E-state index contributed by atoms with van der Waals surface area (Å²) in [7, 11) is 0. The van der Waals surface area contributed by atoms with Crippen LogP contribution in [0.2, 0.25) is 5.02 Å². The number of ether oxygens (including phenoxy) is 1. The molecule has 0 bridgehead atoms. The van der Waals surface area contributed by atoms with Crippen LogP contribution in [0.4, 0.5) is 5.69 Å². The fourth-order valence-corrected chi connectivity index (χ4v) is 2.77. The third-order valence-corrected chi connectivity index (χ3v) is 4.22. The number of nitrogens with two attached hydrogens (primary N) is 1. The molecule has 4 nitrogen and oxygen atoms in total. The number of fused-ring (bicyclic) bond motifs is 1. The van der Waals surface area contributed by atoms with Crippen molar-refractivity contribution < 1.29 is 9.53 Å². The molecule has 0 aromatic heterocycles. The molecule has 2 aromatic carbocycles. The van der Waals surface area contributed by atoms with Gasteiger partial charge in [0.15, 0.2) is 6.10 Å². The molecule has 1 aliphatic heterocycles. The van der Waals surface area contributed by atoms with Crippen molar-refractivity contribution >= 4 is 23.2 Å². The maximum Gasteiger partial charge on any atom is 0.268 e. The van der Waals surface area contributed by atoms with Gasteiger partial charge in [0.2, 0.25) is 0 Å². The highest BCUT2D eigenvalue weighted by molar-refractivity contribution is 6.30. The van der Waals surface area contributed by atoms with Crippen LogP contribution in [0, 0.1) is 0 Å². The molecule has 0 radical (unpaired) electrons. The Kier molecular flexibility index (Phi) is 4.28. The molecule has 2 atom stereocenters. The number of carbonyl (C=O) groups excluding carboxylic acids is 1. The summed E-state index contributed by atoms with van der Waals surface area (Å²) in [6, 6.07) is 13.1. The maximum atomic E-state index is 12.6. The Balaban J connectivity index is 1.99. The summed E-state index contributed by atoms with van der Waals surface area (Å²) in [5.74, 6) is 0.643. The van der Waals surface area contributed by atoms with Gasteiger partial charge in [-0.15, -0.1) is 0 Å². The van der Waals surface area contributed by atoms with Crippen LogP contribution in [0.3, 0.4) is 0 Å². The molecule has 5 heteroatoms. The van der Waals surface area contributed by atoms with Crippen molar-refractivity contribution in [3.8, 4) is 5.75 Å². The van der Waals surface area contributed by atoms with Gasteiger partial charge >= 0.3 is 0 Å². The molecule has 0 aliphatic carbocycles. The second-order valence-corrected chi connectivity index (χ2v) is 6.26. The third kappa shape index (κ3) is 3.19. The van der Waals surface area contributed by atoms with E-state index in [0.29, 0.717) is 17.3 Å². The summed E-state index contributed by atoms with van der Waals surface area (Å²) in [6.45, 7) is 4.15. The first-order chi connectivity index (χ1) is 11.0. The van der Waals surface area contributed by atoms with E-state index in [1.54, 1.807) is 11.8 Å². The summed E-state index contributed by atoms with van der Waals surface area (Å²) < 4.78 is 5.71. The van der Waals surface area contributed by atoms with Crippen molar-refractivity contribution in [1.82, 2.24) is 0 Å². The Bertz CT molecular complexity index is 728. The molecule has 2 N–H and O–H groups in total. The molecule has 23 heavy (non-hydrogen) atoms. The van der Waals surface area contributed by atoms with Gasteiger partial charge in [0.1, 0.15) is 5.75 Å². The molecule has 1 aliphatic rings. The van der Waals surface area contributed by atoms with Crippen LogP contribution in [-0.2, 0) is 11.3 Å². The van der Waals surface area contributed by atoms with Gasteiger partial charge in [-0.2, -0.15) is 0 Å². The van der Waals surface area contributed by atoms with Gasteiger partial charge in [-0.3, -0.25) is 4.79 Å². The lowest BCUT2D eigenvalue weighted by atomic mass is 10.0. The predicted octanol–water partition coefficient (Wildman–Crippen LogP) is 3.67. The number of benzene rings is 2. The van der Waals surface area contributed by atoms with E-state index < -0.39 is 6.10 Å². The molecular weight excluding hydrogens is 312 g/mol. The lowest BCUT2D eigenvalue weighted by Crippen LogP contribution is -2.44. The minimum Gasteiger partial charge on any atom is -0.479 e. The smallest absolute Gasteiger partial charge is 0.268 e. The summed E-state index contributed by atoms with van der Waals surface area (Å²) in [5.41, 5.74) is 8.70. The second kappa shape index (κ2) is 6.22. The van der Waals surface area contributed by atoms with Gasteiger partial charge in [-0.1, -0.05) is 29.8 Å². The number of amides is 1. The highest BCUT2D eigenvalue weighted by atomic mass is 35.5. The van der Waals surface area contributed by atoms with Gasteiger partial charge in [-0.05, 0) is 49.2 Å². The molecular formula is C18H19ClN2O2. The summed E-state index contributed by atoms with van der Waals surface area (Å²) in [5, 5.41) is 0.676. The standard InChI is InChI=1S/C18H19ClN2O2/c1-11(20)14-5-8-17-16(9-14)21(18(22)12(2)23-17)10-13-3-6-15(19)7-4-13/h3-9,11-12H,10,20H2,1-2H3. The number of rotatable bonds is 3. The number of anilines is 1. The van der Waals surface area contributed by atoms with E-state index >= 15 is 0 Å². The zero-order chi connectivity index (χ0) is 16.6. The van der Waals surface area contributed by atoms with Crippen molar-refractivity contribution in [2.45, 2.75) is 32.5 Å². The molecule has 2 unspecified atom stereocenters. The number of carbonyl (C=O) groups is 1. The van der Waals surface area contributed by atoms with Gasteiger partial charge in [0, 0.05) is 11.1 Å². The Labute approximate surface area is 140 Å². The summed E-state index contributed by atoms with van der Waals surface area (Å²) in [6.07, 6.45) is -0.504. The third-order valence-electron chi connectivity index (χ3n) is 3.97. The molecule has 0 spiro atoms. The number of nitrogens with zero attached hydrogens (tertiary/aromatic N) is 1. The lowest BCUT2D eigenvalue weighted by Gasteiger charge is -2.33. The molecule has 0 saturated heterocycles. The van der Waals surface area contributed by atoms with Gasteiger partial charge in [-0.25, -0.2) is 0 Å². The lowest BCUT2D eigenvalue weighted by molar-refractivity contribution is -0.125. The first-order valence-electron chi connectivity index (χ1n) is 7.57. The highest BCUT2D eigenvalue weighted by Crippen LogP contribution is 2.36. The molecule has 0 fully saturated rings. The molecule has 1 amide bonds. The second-order valence-electron chi connectivity index (χ2n) is 5.83. The Morgan fingerprint density at radius 2 is 1.96 bits per heavy atom. The van der Waals surface area contributed by atoms with Crippen LogP contribution in [0.1, 0.15) is 31.0 Å². The van der Waals surface area contributed by atoms with Crippen molar-refractivity contribution in [2.24, 2.45) is 5.73 Å². The average molecular weight is 331 g/mol. The molecule has 1 heterocycles. The highest BCUT2D eigenvalue weighted by Gasteiger charge is 2.31. The molecule has 0 saturated carbocycles. The quantitative estimate of drug-likeness (QED) is 0.934. The van der Waals surface area contributed by atoms with E-state index in [-0.39, 0.29) is 11.9 Å². The van der Waals surface area contributed by atoms with Crippen LogP contribution < -0.4 is 15.4 Å². The van der Waals surface area contributed by atoms with Gasteiger partial charge in [0.05, 0.1) is 12.2 Å². The SMILES string of the molecule is CC1Oc2ccc(C(C)N)cc2N(Cc2ccc(Cl)cc2)C1=O. The molecule has 120 valence electrons. The number of hydrogen-bond acceptors (Lipinski definition) is 3. The number of halogens is 1. The zero-order valence-electron chi connectivity index (χ0n) is 13.1. The van der Waals surface area contributed by atoms with E-state index in [1.807, 2.05) is 49.4 Å². The Hall–Kier alpha value is -2.04. The van der Waals surface area contributed by atoms with Gasteiger partial charge in [0.25, 0.3) is 5.91 Å². The normalized spacial score (nSPS) is 18.3. The van der Waals surface area contributed by atoms with Crippen molar-refractivity contribution in [3.63, 3.8) is 0 Å². The van der Waals surface area contributed by atoms with Crippen LogP contribution in [0.25, 0.3) is 0 Å². The summed E-state index contributed by atoms with van der Waals surface area (Å²) >= 11 is 5.93. The fraction of sp³-hybridized carbons (Fsp3) is 0.278. The van der Waals surface area contributed by atoms with E-state index in [2.05, 4.69) is 0 Å². The van der Waals surface area contributed by atoms with E-state index in [9.17, 15) is 4.79 Å². The van der Waals surface area contributed by atoms with Crippen molar-refractivity contribution in [3.05, 3.63) is 58.6 Å². The average Bonchev–Trinajstić information content (AvgIpc) is 2.53. The largest absolute Gasteiger partial charge is 0.479 e. The van der Waals surface area contributed by atoms with E-state index in [1.165, 1.54) is 0 Å². The number of hydrogen-bond donors (Lipinski definition) is 1. The van der Waals surface area contributed by atoms with E-state index in [0.717, 1.165) is 16.8 Å². The predicted molar refractivity (Wildman–Crippen MR) is 91.8 cm³/mol.